The van der Waals surface area contributed by atoms with Crippen molar-refractivity contribution in [1.82, 2.24) is 10.2 Å². The lowest BCUT2D eigenvalue weighted by molar-refractivity contribution is -0.130. The first-order valence-corrected chi connectivity index (χ1v) is 9.44. The smallest absolute Gasteiger partial charge is 0.222 e. The molecule has 1 unspecified atom stereocenters. The average Bonchev–Trinajstić information content (AvgIpc) is 3.23. The second-order valence-corrected chi connectivity index (χ2v) is 7.39. The number of nitrogens with one attached hydrogen (secondary N) is 1. The number of hydrogen-bond acceptors (Lipinski definition) is 3. The van der Waals surface area contributed by atoms with Crippen molar-refractivity contribution in [3.8, 4) is 0 Å². The molecule has 0 radical (unpaired) electrons. The third-order valence-electron chi connectivity index (χ3n) is 5.39. The standard InChI is InChI=1S/C18H32N2O2/c21-18-9-8-16(10-12-20(18)14-15-6-7-15)19-11-3-13-22-17-4-1-2-5-17/h15-17,19H,1-14H2. The van der Waals surface area contributed by atoms with Crippen LogP contribution in [0.4, 0.5) is 0 Å². The average molecular weight is 308 g/mol. The predicted molar refractivity (Wildman–Crippen MR) is 87.8 cm³/mol. The van der Waals surface area contributed by atoms with Crippen LogP contribution >= 0.6 is 0 Å². The Balaban J connectivity index is 1.27. The molecule has 1 saturated heterocycles. The summed E-state index contributed by atoms with van der Waals surface area (Å²) in [5, 5.41) is 3.64. The third-order valence-corrected chi connectivity index (χ3v) is 5.39. The van der Waals surface area contributed by atoms with Gasteiger partial charge < -0.3 is 15.0 Å². The summed E-state index contributed by atoms with van der Waals surface area (Å²) in [6.45, 7) is 3.87. The fourth-order valence-corrected chi connectivity index (χ4v) is 3.73. The number of nitrogens with zero attached hydrogens (tertiary/aromatic N) is 1. The minimum Gasteiger partial charge on any atom is -0.378 e. The first kappa shape index (κ1) is 16.3. The Morgan fingerprint density at radius 3 is 2.68 bits per heavy atom. The van der Waals surface area contributed by atoms with Crippen LogP contribution in [0.3, 0.4) is 0 Å². The lowest BCUT2D eigenvalue weighted by atomic mass is 10.1. The summed E-state index contributed by atoms with van der Waals surface area (Å²) < 4.78 is 5.90. The second kappa shape index (κ2) is 8.30. The van der Waals surface area contributed by atoms with Crippen molar-refractivity contribution in [2.45, 2.75) is 76.4 Å². The van der Waals surface area contributed by atoms with E-state index in [9.17, 15) is 4.79 Å². The van der Waals surface area contributed by atoms with Gasteiger partial charge in [0.05, 0.1) is 6.10 Å². The van der Waals surface area contributed by atoms with Gasteiger partial charge in [0.25, 0.3) is 0 Å². The fraction of sp³-hybridized carbons (Fsp3) is 0.944. The molecule has 1 heterocycles. The Bertz CT molecular complexity index is 351. The number of hydrogen-bond donors (Lipinski definition) is 1. The molecule has 126 valence electrons. The quantitative estimate of drug-likeness (QED) is 0.701. The molecule has 1 N–H and O–H groups in total. The molecule has 1 amide bonds. The molecular weight excluding hydrogens is 276 g/mol. The van der Waals surface area contributed by atoms with Gasteiger partial charge in [-0.2, -0.15) is 0 Å². The first-order valence-electron chi connectivity index (χ1n) is 9.44. The molecule has 4 heteroatoms. The van der Waals surface area contributed by atoms with E-state index in [4.69, 9.17) is 4.74 Å². The number of amides is 1. The molecule has 0 aromatic rings. The van der Waals surface area contributed by atoms with Crippen molar-refractivity contribution < 1.29 is 9.53 Å². The Kier molecular flexibility index (Phi) is 6.13. The zero-order chi connectivity index (χ0) is 15.2. The Morgan fingerprint density at radius 1 is 1.09 bits per heavy atom. The summed E-state index contributed by atoms with van der Waals surface area (Å²) in [6.07, 6.45) is 12.3. The fourth-order valence-electron chi connectivity index (χ4n) is 3.73. The van der Waals surface area contributed by atoms with Crippen molar-refractivity contribution in [2.24, 2.45) is 5.92 Å². The van der Waals surface area contributed by atoms with Gasteiger partial charge in [0.15, 0.2) is 0 Å². The van der Waals surface area contributed by atoms with Gasteiger partial charge >= 0.3 is 0 Å². The molecule has 0 spiro atoms. The van der Waals surface area contributed by atoms with E-state index in [0.717, 1.165) is 57.8 Å². The lowest BCUT2D eigenvalue weighted by Crippen LogP contribution is -2.34. The molecule has 1 aliphatic heterocycles. The van der Waals surface area contributed by atoms with E-state index in [1.807, 2.05) is 0 Å². The number of ether oxygens (including phenoxy) is 1. The van der Waals surface area contributed by atoms with Crippen molar-refractivity contribution in [2.75, 3.05) is 26.2 Å². The van der Waals surface area contributed by atoms with Crippen LogP contribution in [0.1, 0.15) is 64.2 Å². The molecule has 4 nitrogen and oxygen atoms in total. The molecule has 3 aliphatic rings. The minimum absolute atomic E-state index is 0.376. The van der Waals surface area contributed by atoms with Crippen molar-refractivity contribution >= 4 is 5.91 Å². The molecule has 2 aliphatic carbocycles. The summed E-state index contributed by atoms with van der Waals surface area (Å²) in [6, 6.07) is 0.514. The Hall–Kier alpha value is -0.610. The van der Waals surface area contributed by atoms with Gasteiger partial charge in [-0.3, -0.25) is 4.79 Å². The number of carbonyl (C=O) groups is 1. The van der Waals surface area contributed by atoms with Crippen molar-refractivity contribution in [3.05, 3.63) is 0 Å². The van der Waals surface area contributed by atoms with Crippen molar-refractivity contribution in [1.29, 1.82) is 0 Å². The monoisotopic (exact) mass is 308 g/mol. The van der Waals surface area contributed by atoms with Gasteiger partial charge in [-0.05, 0) is 57.4 Å². The zero-order valence-electron chi connectivity index (χ0n) is 13.9. The van der Waals surface area contributed by atoms with Crippen LogP contribution in [0.2, 0.25) is 0 Å². The van der Waals surface area contributed by atoms with E-state index in [0.29, 0.717) is 18.1 Å². The highest BCUT2D eigenvalue weighted by atomic mass is 16.5. The highest BCUT2D eigenvalue weighted by Gasteiger charge is 2.28. The van der Waals surface area contributed by atoms with Gasteiger partial charge in [0.1, 0.15) is 0 Å². The van der Waals surface area contributed by atoms with E-state index < -0.39 is 0 Å². The van der Waals surface area contributed by atoms with Gasteiger partial charge in [0, 0.05) is 32.2 Å². The third kappa shape index (κ3) is 5.24. The van der Waals surface area contributed by atoms with Gasteiger partial charge in [-0.25, -0.2) is 0 Å². The van der Waals surface area contributed by atoms with Crippen LogP contribution in [0.15, 0.2) is 0 Å². The molecule has 0 aromatic heterocycles. The van der Waals surface area contributed by atoms with Gasteiger partial charge in [0.2, 0.25) is 5.91 Å². The second-order valence-electron chi connectivity index (χ2n) is 7.39. The number of rotatable bonds is 8. The van der Waals surface area contributed by atoms with E-state index in [1.165, 1.54) is 38.5 Å². The molecule has 3 rings (SSSR count). The summed E-state index contributed by atoms with van der Waals surface area (Å²) >= 11 is 0. The van der Waals surface area contributed by atoms with Crippen molar-refractivity contribution in [3.63, 3.8) is 0 Å². The maximum absolute atomic E-state index is 12.1. The maximum atomic E-state index is 12.1. The van der Waals surface area contributed by atoms with Crippen LogP contribution in [-0.4, -0.2) is 49.2 Å². The number of carbonyl (C=O) groups excluding carboxylic acids is 1. The van der Waals surface area contributed by atoms with Gasteiger partial charge in [-0.1, -0.05) is 12.8 Å². The lowest BCUT2D eigenvalue weighted by Gasteiger charge is -2.21. The zero-order valence-corrected chi connectivity index (χ0v) is 13.9. The molecule has 22 heavy (non-hydrogen) atoms. The molecule has 0 aromatic carbocycles. The topological polar surface area (TPSA) is 41.6 Å². The van der Waals surface area contributed by atoms with Crippen LogP contribution in [0.25, 0.3) is 0 Å². The van der Waals surface area contributed by atoms with Crippen LogP contribution in [0, 0.1) is 5.92 Å². The molecule has 3 fully saturated rings. The summed E-state index contributed by atoms with van der Waals surface area (Å²) in [5.41, 5.74) is 0. The highest BCUT2D eigenvalue weighted by molar-refractivity contribution is 5.76. The van der Waals surface area contributed by atoms with E-state index in [2.05, 4.69) is 10.2 Å². The summed E-state index contributed by atoms with van der Waals surface area (Å²) in [4.78, 5) is 14.2. The molecule has 0 bridgehead atoms. The Labute approximate surface area is 135 Å². The SMILES string of the molecule is O=C1CCC(NCCCOC2CCCC2)CCN1CC1CC1. The largest absolute Gasteiger partial charge is 0.378 e. The van der Waals surface area contributed by atoms with Crippen LogP contribution < -0.4 is 5.32 Å². The van der Waals surface area contributed by atoms with E-state index >= 15 is 0 Å². The van der Waals surface area contributed by atoms with E-state index in [-0.39, 0.29) is 0 Å². The van der Waals surface area contributed by atoms with Crippen LogP contribution in [0.5, 0.6) is 0 Å². The summed E-state index contributed by atoms with van der Waals surface area (Å²) in [5.74, 6) is 1.18. The van der Waals surface area contributed by atoms with Gasteiger partial charge in [-0.15, -0.1) is 0 Å². The normalized spacial score (nSPS) is 27.4. The maximum Gasteiger partial charge on any atom is 0.222 e. The summed E-state index contributed by atoms with van der Waals surface area (Å²) in [7, 11) is 0. The Morgan fingerprint density at radius 2 is 1.91 bits per heavy atom. The highest BCUT2D eigenvalue weighted by Crippen LogP contribution is 2.30. The first-order chi connectivity index (χ1) is 10.8. The minimum atomic E-state index is 0.376. The molecular formula is C18H32N2O2. The predicted octanol–water partition coefficient (Wildman–Crippen LogP) is 2.72. The molecule has 1 atom stereocenters. The van der Waals surface area contributed by atoms with E-state index in [1.54, 1.807) is 0 Å². The molecule has 2 saturated carbocycles. The number of likely N-dealkylation sites (tertiary alicyclic amines) is 1. The van der Waals surface area contributed by atoms with Crippen LogP contribution in [-0.2, 0) is 9.53 Å².